The van der Waals surface area contributed by atoms with Gasteiger partial charge in [0.1, 0.15) is 0 Å². The van der Waals surface area contributed by atoms with Crippen molar-refractivity contribution in [1.82, 2.24) is 0 Å². The molecule has 0 N–H and O–H groups in total. The van der Waals surface area contributed by atoms with E-state index >= 15 is 0 Å². The molecule has 0 aliphatic heterocycles. The molecule has 17 heavy (non-hydrogen) atoms. The van der Waals surface area contributed by atoms with Crippen LogP contribution in [0.25, 0.3) is 8.79 Å². The average Bonchev–Trinajstić information content (AvgIpc) is 2.35. The summed E-state index contributed by atoms with van der Waals surface area (Å²) in [5, 5.41) is 0.951. The topological polar surface area (TPSA) is 17.1 Å². The molecule has 2 aromatic rings. The summed E-state index contributed by atoms with van der Waals surface area (Å²) in [4.78, 5) is 11.9. The fourth-order valence-electron chi connectivity index (χ4n) is 2.00. The molecule has 0 atom stereocenters. The van der Waals surface area contributed by atoms with Crippen molar-refractivity contribution in [2.45, 2.75) is 39.0 Å². The fourth-order valence-corrected chi connectivity index (χ4v) is 5.20. The van der Waals surface area contributed by atoms with Gasteiger partial charge in [-0.15, -0.1) is 0 Å². The summed E-state index contributed by atoms with van der Waals surface area (Å²) >= 11 is -0.270. The summed E-state index contributed by atoms with van der Waals surface area (Å²) in [6.45, 7) is 2.23. The maximum atomic E-state index is 11.9. The van der Waals surface area contributed by atoms with Gasteiger partial charge in [-0.05, 0) is 0 Å². The van der Waals surface area contributed by atoms with Crippen LogP contribution in [0.15, 0.2) is 35.1 Å². The third-order valence-corrected chi connectivity index (χ3v) is 6.27. The SMILES string of the molecule is CCCCCCc1cc(=O)c2ccccc2[te]1. The molecule has 1 aromatic carbocycles. The summed E-state index contributed by atoms with van der Waals surface area (Å²) in [5.41, 5.74) is 0.224. The Morgan fingerprint density at radius 3 is 2.76 bits per heavy atom. The number of unbranched alkanes of at least 4 members (excludes halogenated alkanes) is 3. The molecule has 0 unspecified atom stereocenters. The standard InChI is InChI=1S/C15H18OTe/c1-2-3-4-5-8-12-11-14(16)13-9-6-7-10-15(13)17-12/h6-7,9-11H,2-5,8H2,1H3. The first kappa shape index (κ1) is 12.9. The summed E-state index contributed by atoms with van der Waals surface area (Å²) in [7, 11) is 0. The van der Waals surface area contributed by atoms with Crippen LogP contribution in [0.2, 0.25) is 0 Å². The van der Waals surface area contributed by atoms with Gasteiger partial charge >= 0.3 is 112 Å². The van der Waals surface area contributed by atoms with Crippen molar-refractivity contribution in [1.29, 1.82) is 0 Å². The number of rotatable bonds is 5. The zero-order valence-electron chi connectivity index (χ0n) is 10.2. The van der Waals surface area contributed by atoms with E-state index in [0.717, 1.165) is 11.8 Å². The molecule has 2 heteroatoms. The molecular formula is C15H18OTe. The number of aryl methyl sites for hydroxylation is 1. The number of hydrogen-bond acceptors (Lipinski definition) is 1. The minimum absolute atomic E-state index is 0.224. The van der Waals surface area contributed by atoms with Gasteiger partial charge < -0.3 is 0 Å². The van der Waals surface area contributed by atoms with Crippen molar-refractivity contribution < 1.29 is 0 Å². The van der Waals surface area contributed by atoms with Crippen LogP contribution in [-0.2, 0) is 6.42 Å². The van der Waals surface area contributed by atoms with Gasteiger partial charge in [-0.2, -0.15) is 0 Å². The molecule has 0 radical (unpaired) electrons. The van der Waals surface area contributed by atoms with E-state index in [1.54, 1.807) is 0 Å². The molecule has 0 bridgehead atoms. The van der Waals surface area contributed by atoms with E-state index in [4.69, 9.17) is 0 Å². The zero-order chi connectivity index (χ0) is 12.1. The van der Waals surface area contributed by atoms with Gasteiger partial charge in [0.2, 0.25) is 0 Å². The van der Waals surface area contributed by atoms with Crippen LogP contribution in [0.5, 0.6) is 0 Å². The fraction of sp³-hybridized carbons (Fsp3) is 0.400. The molecule has 0 fully saturated rings. The first-order chi connectivity index (χ1) is 8.31. The van der Waals surface area contributed by atoms with Gasteiger partial charge in [-0.3, -0.25) is 0 Å². The third kappa shape index (κ3) is 3.44. The molecule has 1 heterocycles. The first-order valence-corrected chi connectivity index (χ1v) is 8.66. The Morgan fingerprint density at radius 2 is 1.94 bits per heavy atom. The van der Waals surface area contributed by atoms with Crippen LogP contribution in [0.3, 0.4) is 0 Å². The van der Waals surface area contributed by atoms with Crippen LogP contribution in [0.4, 0.5) is 0 Å². The Balaban J connectivity index is 2.16. The predicted octanol–water partition coefficient (Wildman–Crippen LogP) is 3.38. The van der Waals surface area contributed by atoms with Crippen molar-refractivity contribution in [2.24, 2.45) is 0 Å². The first-order valence-electron chi connectivity index (χ1n) is 6.33. The molecule has 0 saturated heterocycles. The minimum atomic E-state index is -0.270. The molecule has 0 amide bonds. The Hall–Kier alpha value is -0.580. The van der Waals surface area contributed by atoms with E-state index in [1.807, 2.05) is 18.2 Å². The van der Waals surface area contributed by atoms with E-state index in [-0.39, 0.29) is 25.9 Å². The molecule has 90 valence electrons. The summed E-state index contributed by atoms with van der Waals surface area (Å²) in [6, 6.07) is 10.0. The quantitative estimate of drug-likeness (QED) is 0.602. The number of fused-ring (bicyclic) bond motifs is 1. The van der Waals surface area contributed by atoms with Gasteiger partial charge in [-0.25, -0.2) is 0 Å². The number of benzene rings is 1. The normalized spacial score (nSPS) is 10.9. The Kier molecular flexibility index (Phi) is 4.83. The van der Waals surface area contributed by atoms with Gasteiger partial charge in [0, 0.05) is 0 Å². The van der Waals surface area contributed by atoms with E-state index in [9.17, 15) is 4.79 Å². The van der Waals surface area contributed by atoms with Crippen molar-refractivity contribution in [3.63, 3.8) is 0 Å². The molecule has 0 aliphatic carbocycles. The van der Waals surface area contributed by atoms with Gasteiger partial charge in [0.15, 0.2) is 0 Å². The molecule has 0 spiro atoms. The molecule has 2 rings (SSSR count). The predicted molar refractivity (Wildman–Crippen MR) is 75.0 cm³/mol. The summed E-state index contributed by atoms with van der Waals surface area (Å²) in [5.74, 6) is 0. The monoisotopic (exact) mass is 344 g/mol. The van der Waals surface area contributed by atoms with E-state index in [2.05, 4.69) is 19.1 Å². The van der Waals surface area contributed by atoms with E-state index in [0.29, 0.717) is 0 Å². The maximum absolute atomic E-state index is 11.9. The van der Waals surface area contributed by atoms with Gasteiger partial charge in [0.25, 0.3) is 0 Å². The van der Waals surface area contributed by atoms with Crippen LogP contribution in [0, 0.1) is 0 Å². The Bertz CT molecular complexity index is 542. The van der Waals surface area contributed by atoms with Crippen molar-refractivity contribution in [3.8, 4) is 0 Å². The molecule has 1 aromatic heterocycles. The van der Waals surface area contributed by atoms with Crippen LogP contribution >= 0.6 is 0 Å². The van der Waals surface area contributed by atoms with Gasteiger partial charge in [-0.1, -0.05) is 0 Å². The third-order valence-electron chi connectivity index (χ3n) is 2.96. The van der Waals surface area contributed by atoms with E-state index in [1.165, 1.54) is 32.7 Å². The second-order valence-corrected chi connectivity index (χ2v) is 7.72. The van der Waals surface area contributed by atoms with Crippen molar-refractivity contribution in [2.75, 3.05) is 0 Å². The summed E-state index contributed by atoms with van der Waals surface area (Å²) < 4.78 is 2.77. The van der Waals surface area contributed by atoms with Gasteiger partial charge in [0.05, 0.1) is 0 Å². The second-order valence-electron chi connectivity index (χ2n) is 4.38. The second kappa shape index (κ2) is 6.38. The van der Waals surface area contributed by atoms with Crippen LogP contribution < -0.4 is 5.43 Å². The molecule has 1 nitrogen and oxygen atoms in total. The number of hydrogen-bond donors (Lipinski definition) is 0. The Morgan fingerprint density at radius 1 is 1.12 bits per heavy atom. The molecule has 0 aliphatic rings. The van der Waals surface area contributed by atoms with Crippen molar-refractivity contribution in [3.05, 3.63) is 44.1 Å². The van der Waals surface area contributed by atoms with Crippen molar-refractivity contribution >= 4 is 29.2 Å². The van der Waals surface area contributed by atoms with E-state index < -0.39 is 0 Å². The molecular weight excluding hydrogens is 324 g/mol. The van der Waals surface area contributed by atoms with Crippen LogP contribution in [0.1, 0.15) is 36.2 Å². The average molecular weight is 342 g/mol. The molecule has 0 saturated carbocycles. The van der Waals surface area contributed by atoms with Crippen LogP contribution in [-0.4, -0.2) is 20.4 Å². The Labute approximate surface area is 112 Å². The summed E-state index contributed by atoms with van der Waals surface area (Å²) in [6.07, 6.45) is 6.29. The zero-order valence-corrected chi connectivity index (χ0v) is 12.6.